The maximum absolute atomic E-state index is 2.36. The normalized spacial score (nSPS) is 29.5. The first-order valence-corrected chi connectivity index (χ1v) is 6.31. The van der Waals surface area contributed by atoms with Gasteiger partial charge in [-0.3, -0.25) is 0 Å². The highest BCUT2D eigenvalue weighted by Gasteiger charge is 2.25. The van der Waals surface area contributed by atoms with Crippen molar-refractivity contribution in [3.8, 4) is 0 Å². The first kappa shape index (κ1) is 11.1. The summed E-state index contributed by atoms with van der Waals surface area (Å²) in [5.41, 5.74) is 0. The predicted octanol–water partition coefficient (Wildman–Crippen LogP) is 3.28. The van der Waals surface area contributed by atoms with Crippen LogP contribution < -0.4 is 0 Å². The minimum absolute atomic E-state index is 1.02. The topological polar surface area (TPSA) is 0 Å². The highest BCUT2D eigenvalue weighted by atomic mass is 14.3. The van der Waals surface area contributed by atoms with Crippen molar-refractivity contribution >= 4 is 7.85 Å². The Morgan fingerprint density at radius 1 is 1.23 bits per heavy atom. The van der Waals surface area contributed by atoms with Gasteiger partial charge in [0.15, 0.2) is 0 Å². The Hall–Kier alpha value is 0.0649. The second kappa shape index (κ2) is 5.72. The number of hydrogen-bond acceptors (Lipinski definition) is 0. The molecule has 0 aromatic carbocycles. The van der Waals surface area contributed by atoms with Crippen molar-refractivity contribution in [2.75, 3.05) is 0 Å². The lowest BCUT2D eigenvalue weighted by Crippen LogP contribution is -2.22. The maximum Gasteiger partial charge on any atom is 0.101 e. The van der Waals surface area contributed by atoms with Gasteiger partial charge in [0.2, 0.25) is 0 Å². The second-order valence-electron chi connectivity index (χ2n) is 4.78. The third-order valence-corrected chi connectivity index (χ3v) is 4.12. The van der Waals surface area contributed by atoms with Gasteiger partial charge in [-0.1, -0.05) is 52.3 Å². The predicted molar refractivity (Wildman–Crippen MR) is 62.9 cm³/mol. The standard InChI is InChI=1S/C12H25B/c1-3-11(4-2)12-7-5-6-10(8-12)9-13/h10-12H,3-9,13H2,1-2H3. The Labute approximate surface area is 84.9 Å². The molecule has 0 saturated heterocycles. The summed E-state index contributed by atoms with van der Waals surface area (Å²) in [5.74, 6) is 3.14. The average Bonchev–Trinajstić information content (AvgIpc) is 2.20. The van der Waals surface area contributed by atoms with E-state index in [4.69, 9.17) is 0 Å². The summed E-state index contributed by atoms with van der Waals surface area (Å²) in [6, 6.07) is 0. The molecule has 0 spiro atoms. The van der Waals surface area contributed by atoms with Crippen LogP contribution in [0.2, 0.25) is 6.32 Å². The Morgan fingerprint density at radius 2 is 1.92 bits per heavy atom. The fraction of sp³-hybridized carbons (Fsp3) is 1.00. The molecule has 1 fully saturated rings. The van der Waals surface area contributed by atoms with Gasteiger partial charge in [0.05, 0.1) is 0 Å². The smallest absolute Gasteiger partial charge is 0.0783 e. The van der Waals surface area contributed by atoms with Crippen molar-refractivity contribution in [3.05, 3.63) is 0 Å². The molecule has 2 atom stereocenters. The van der Waals surface area contributed by atoms with Gasteiger partial charge in [0.25, 0.3) is 0 Å². The van der Waals surface area contributed by atoms with Crippen LogP contribution in [0.1, 0.15) is 52.4 Å². The summed E-state index contributed by atoms with van der Waals surface area (Å²) in [5, 5.41) is 0. The van der Waals surface area contributed by atoms with E-state index in [0.29, 0.717) is 0 Å². The van der Waals surface area contributed by atoms with E-state index in [2.05, 4.69) is 21.7 Å². The number of hydrogen-bond donors (Lipinski definition) is 0. The average molecular weight is 180 g/mol. The highest BCUT2D eigenvalue weighted by molar-refractivity contribution is 6.08. The third-order valence-electron chi connectivity index (χ3n) is 4.12. The van der Waals surface area contributed by atoms with Crippen LogP contribution in [0, 0.1) is 17.8 Å². The van der Waals surface area contributed by atoms with Crippen molar-refractivity contribution < 1.29 is 0 Å². The molecule has 1 heteroatoms. The summed E-state index contributed by atoms with van der Waals surface area (Å²) in [4.78, 5) is 0. The molecule has 0 aromatic heterocycles. The van der Waals surface area contributed by atoms with Crippen LogP contribution in [0.3, 0.4) is 0 Å². The van der Waals surface area contributed by atoms with Crippen LogP contribution in [0.25, 0.3) is 0 Å². The number of rotatable bonds is 4. The molecule has 2 unspecified atom stereocenters. The lowest BCUT2D eigenvalue weighted by Gasteiger charge is -2.33. The van der Waals surface area contributed by atoms with Crippen molar-refractivity contribution in [1.29, 1.82) is 0 Å². The molecule has 0 nitrogen and oxygen atoms in total. The Balaban J connectivity index is 2.40. The fourth-order valence-electron chi connectivity index (χ4n) is 3.09. The molecular weight excluding hydrogens is 155 g/mol. The van der Waals surface area contributed by atoms with E-state index in [1.54, 1.807) is 0 Å². The molecule has 0 N–H and O–H groups in total. The first-order valence-electron chi connectivity index (χ1n) is 6.31. The first-order chi connectivity index (χ1) is 6.31. The Kier molecular flexibility index (Phi) is 4.91. The molecule has 76 valence electrons. The lowest BCUT2D eigenvalue weighted by molar-refractivity contribution is 0.195. The zero-order valence-electron chi connectivity index (χ0n) is 9.68. The van der Waals surface area contributed by atoms with E-state index in [-0.39, 0.29) is 0 Å². The van der Waals surface area contributed by atoms with E-state index < -0.39 is 0 Å². The molecule has 0 radical (unpaired) electrons. The van der Waals surface area contributed by atoms with Gasteiger partial charge < -0.3 is 0 Å². The minimum Gasteiger partial charge on any atom is -0.0783 e. The van der Waals surface area contributed by atoms with Crippen LogP contribution in [0.5, 0.6) is 0 Å². The van der Waals surface area contributed by atoms with Crippen molar-refractivity contribution in [1.82, 2.24) is 0 Å². The second-order valence-corrected chi connectivity index (χ2v) is 4.78. The molecule has 0 aliphatic heterocycles. The third kappa shape index (κ3) is 3.04. The summed E-state index contributed by atoms with van der Waals surface area (Å²) >= 11 is 0. The monoisotopic (exact) mass is 180 g/mol. The van der Waals surface area contributed by atoms with Crippen molar-refractivity contribution in [3.63, 3.8) is 0 Å². The van der Waals surface area contributed by atoms with Crippen LogP contribution in [-0.2, 0) is 0 Å². The summed E-state index contributed by atoms with van der Waals surface area (Å²) in [6.07, 6.45) is 10.3. The van der Waals surface area contributed by atoms with E-state index in [1.165, 1.54) is 44.8 Å². The zero-order chi connectivity index (χ0) is 9.68. The van der Waals surface area contributed by atoms with Gasteiger partial charge in [-0.25, -0.2) is 0 Å². The maximum atomic E-state index is 2.36. The minimum atomic E-state index is 1.02. The molecule has 1 aliphatic carbocycles. The van der Waals surface area contributed by atoms with Gasteiger partial charge in [0.1, 0.15) is 7.85 Å². The van der Waals surface area contributed by atoms with Gasteiger partial charge in [-0.05, 0) is 24.2 Å². The summed E-state index contributed by atoms with van der Waals surface area (Å²) in [6.45, 7) is 4.73. The van der Waals surface area contributed by atoms with Crippen LogP contribution >= 0.6 is 0 Å². The summed E-state index contributed by atoms with van der Waals surface area (Å²) in [7, 11) is 2.36. The molecule has 0 bridgehead atoms. The highest BCUT2D eigenvalue weighted by Crippen LogP contribution is 2.37. The molecule has 0 aromatic rings. The molecule has 1 aliphatic rings. The molecule has 1 rings (SSSR count). The lowest BCUT2D eigenvalue weighted by atomic mass is 9.70. The van der Waals surface area contributed by atoms with E-state index in [9.17, 15) is 0 Å². The van der Waals surface area contributed by atoms with Gasteiger partial charge in [-0.2, -0.15) is 0 Å². The molecule has 13 heavy (non-hydrogen) atoms. The van der Waals surface area contributed by atoms with E-state index in [0.717, 1.165) is 17.8 Å². The van der Waals surface area contributed by atoms with Gasteiger partial charge >= 0.3 is 0 Å². The Bertz CT molecular complexity index is 129. The summed E-state index contributed by atoms with van der Waals surface area (Å²) < 4.78 is 0. The van der Waals surface area contributed by atoms with Gasteiger partial charge in [-0.15, -0.1) is 0 Å². The molecular formula is C12H25B. The molecule has 1 saturated carbocycles. The Morgan fingerprint density at radius 3 is 2.46 bits per heavy atom. The largest absolute Gasteiger partial charge is 0.101 e. The van der Waals surface area contributed by atoms with Crippen molar-refractivity contribution in [2.24, 2.45) is 17.8 Å². The molecule has 0 heterocycles. The van der Waals surface area contributed by atoms with Crippen molar-refractivity contribution in [2.45, 2.75) is 58.7 Å². The van der Waals surface area contributed by atoms with E-state index >= 15 is 0 Å². The quantitative estimate of drug-likeness (QED) is 0.582. The van der Waals surface area contributed by atoms with Crippen LogP contribution in [0.4, 0.5) is 0 Å². The van der Waals surface area contributed by atoms with Gasteiger partial charge in [0, 0.05) is 0 Å². The fourth-order valence-corrected chi connectivity index (χ4v) is 3.09. The van der Waals surface area contributed by atoms with E-state index in [1.807, 2.05) is 0 Å². The zero-order valence-corrected chi connectivity index (χ0v) is 9.68. The van der Waals surface area contributed by atoms with Crippen LogP contribution in [0.15, 0.2) is 0 Å². The van der Waals surface area contributed by atoms with Crippen LogP contribution in [-0.4, -0.2) is 7.85 Å². The SMILES string of the molecule is BCC1CCCC(C(CC)CC)C1. The molecule has 0 amide bonds.